The monoisotopic (exact) mass is 439 g/mol. The molecule has 10 nitrogen and oxygen atoms in total. The number of sulfonamides is 1. The number of carbonyl (C=O) groups excluding carboxylic acids is 1. The maximum absolute atomic E-state index is 13.4. The van der Waals surface area contributed by atoms with Gasteiger partial charge in [-0.25, -0.2) is 8.42 Å². The number of aliphatic hydroxyl groups is 1. The molecule has 1 aliphatic heterocycles. The van der Waals surface area contributed by atoms with Gasteiger partial charge in [0.05, 0.1) is 17.4 Å². The largest absolute Gasteiger partial charge is 0.390 e. The zero-order valence-corrected chi connectivity index (χ0v) is 18.0. The third-order valence-corrected chi connectivity index (χ3v) is 8.99. The minimum absolute atomic E-state index is 0.0528. The molecular weight excluding hydrogens is 410 g/mol. The Hall–Kier alpha value is -1.79. The summed E-state index contributed by atoms with van der Waals surface area (Å²) in [5.41, 5.74) is 5.46. The van der Waals surface area contributed by atoms with Crippen LogP contribution < -0.4 is 21.7 Å². The van der Waals surface area contributed by atoms with E-state index in [0.717, 1.165) is 23.6 Å². The Kier molecular flexibility index (Phi) is 5.52. The van der Waals surface area contributed by atoms with E-state index in [1.54, 1.807) is 13.1 Å². The molecule has 4 unspecified atom stereocenters. The van der Waals surface area contributed by atoms with Gasteiger partial charge in [0.25, 0.3) is 5.56 Å². The van der Waals surface area contributed by atoms with Gasteiger partial charge in [0, 0.05) is 44.6 Å². The van der Waals surface area contributed by atoms with Gasteiger partial charge in [-0.1, -0.05) is 0 Å². The zero-order valence-electron chi connectivity index (χ0n) is 17.2. The van der Waals surface area contributed by atoms with Crippen LogP contribution in [0.3, 0.4) is 0 Å². The highest BCUT2D eigenvalue weighted by molar-refractivity contribution is 7.89. The molecule has 2 saturated carbocycles. The second-order valence-corrected chi connectivity index (χ2v) is 11.1. The van der Waals surface area contributed by atoms with Crippen molar-refractivity contribution in [1.82, 2.24) is 19.7 Å². The van der Waals surface area contributed by atoms with Gasteiger partial charge in [-0.2, -0.15) is 4.31 Å². The van der Waals surface area contributed by atoms with Gasteiger partial charge in [-0.05, 0) is 43.6 Å². The van der Waals surface area contributed by atoms with E-state index in [1.807, 2.05) is 0 Å². The number of carbonyl (C=O) groups is 1. The number of nitrogens with one attached hydrogen (secondary N) is 3. The standard InChI is InChI=1S/C19H29N5O5S/c1-23-6-3-14(9-17(23)26)21-16(25)11-24(2)30(28,29)15-8-13(19(27)4-5-19)7-12-10-20-22-18(12)15/h3,6,9,12-13,15,18,20,22,27H,4-5,7-8,10-11H2,1-2H3,(H,21,25). The number of rotatable bonds is 6. The lowest BCUT2D eigenvalue weighted by Gasteiger charge is -2.40. The number of nitrogens with zero attached hydrogens (tertiary/aromatic N) is 2. The quantitative estimate of drug-likeness (QED) is 0.446. The summed E-state index contributed by atoms with van der Waals surface area (Å²) in [5, 5.41) is 12.5. The molecule has 1 aromatic heterocycles. The first-order valence-corrected chi connectivity index (χ1v) is 11.7. The molecular formula is C19H29N5O5S. The van der Waals surface area contributed by atoms with Gasteiger partial charge in [-0.15, -0.1) is 0 Å². The molecule has 3 aliphatic rings. The van der Waals surface area contributed by atoms with E-state index in [1.165, 1.54) is 23.9 Å². The first kappa shape index (κ1) is 21.4. The number of hydrogen-bond donors (Lipinski definition) is 4. The molecule has 4 N–H and O–H groups in total. The average Bonchev–Trinajstić information content (AvgIpc) is 3.25. The van der Waals surface area contributed by atoms with Crippen molar-refractivity contribution in [3.05, 3.63) is 28.7 Å². The van der Waals surface area contributed by atoms with E-state index < -0.39 is 26.8 Å². The first-order valence-electron chi connectivity index (χ1n) is 10.2. The van der Waals surface area contributed by atoms with Crippen LogP contribution >= 0.6 is 0 Å². The maximum atomic E-state index is 13.4. The van der Waals surface area contributed by atoms with Crippen molar-refractivity contribution in [3.8, 4) is 0 Å². The molecule has 2 heterocycles. The Morgan fingerprint density at radius 2 is 2.13 bits per heavy atom. The van der Waals surface area contributed by atoms with Crippen molar-refractivity contribution >= 4 is 21.6 Å². The van der Waals surface area contributed by atoms with E-state index in [-0.39, 0.29) is 30.0 Å². The summed E-state index contributed by atoms with van der Waals surface area (Å²) in [7, 11) is -0.796. The predicted molar refractivity (Wildman–Crippen MR) is 111 cm³/mol. The fraction of sp³-hybridized carbons (Fsp3) is 0.684. The lowest BCUT2D eigenvalue weighted by atomic mass is 9.75. The molecule has 0 aromatic carbocycles. The minimum atomic E-state index is -3.79. The van der Waals surface area contributed by atoms with Gasteiger partial charge < -0.3 is 15.0 Å². The fourth-order valence-electron chi connectivity index (χ4n) is 4.70. The molecule has 11 heteroatoms. The number of anilines is 1. The van der Waals surface area contributed by atoms with Crippen LogP contribution in [0, 0.1) is 11.8 Å². The van der Waals surface area contributed by atoms with E-state index >= 15 is 0 Å². The second-order valence-electron chi connectivity index (χ2n) is 8.84. The van der Waals surface area contributed by atoms with Crippen molar-refractivity contribution in [2.45, 2.75) is 42.6 Å². The summed E-state index contributed by atoms with van der Waals surface area (Å²) in [4.78, 5) is 24.1. The summed E-state index contributed by atoms with van der Waals surface area (Å²) < 4.78 is 29.1. The second kappa shape index (κ2) is 7.72. The van der Waals surface area contributed by atoms with Crippen molar-refractivity contribution in [1.29, 1.82) is 0 Å². The molecule has 1 saturated heterocycles. The van der Waals surface area contributed by atoms with E-state index in [9.17, 15) is 23.1 Å². The Morgan fingerprint density at radius 3 is 2.80 bits per heavy atom. The molecule has 0 bridgehead atoms. The van der Waals surface area contributed by atoms with Crippen molar-refractivity contribution in [2.24, 2.45) is 18.9 Å². The number of aromatic nitrogens is 1. The fourth-order valence-corrected chi connectivity index (χ4v) is 6.60. The smallest absolute Gasteiger partial charge is 0.252 e. The van der Waals surface area contributed by atoms with Crippen LogP contribution in [0.4, 0.5) is 5.69 Å². The average molecular weight is 440 g/mol. The molecule has 0 radical (unpaired) electrons. The minimum Gasteiger partial charge on any atom is -0.390 e. The number of likely N-dealkylation sites (N-methyl/N-ethyl adjacent to an activating group) is 1. The molecule has 4 atom stereocenters. The van der Waals surface area contributed by atoms with Crippen LogP contribution in [0.15, 0.2) is 23.1 Å². The van der Waals surface area contributed by atoms with Gasteiger partial charge in [-0.3, -0.25) is 20.4 Å². The highest BCUT2D eigenvalue weighted by atomic mass is 32.2. The van der Waals surface area contributed by atoms with Gasteiger partial charge in [0.2, 0.25) is 15.9 Å². The molecule has 166 valence electrons. The van der Waals surface area contributed by atoms with Gasteiger partial charge in [0.15, 0.2) is 0 Å². The molecule has 0 spiro atoms. The highest BCUT2D eigenvalue weighted by Crippen LogP contribution is 2.50. The number of pyridine rings is 1. The number of aryl methyl sites for hydroxylation is 1. The summed E-state index contributed by atoms with van der Waals surface area (Å²) in [6, 6.07) is 2.61. The van der Waals surface area contributed by atoms with Crippen molar-refractivity contribution < 1.29 is 18.3 Å². The summed E-state index contributed by atoms with van der Waals surface area (Å²) in [5.74, 6) is -0.449. The first-order chi connectivity index (χ1) is 14.1. The predicted octanol–water partition coefficient (Wildman–Crippen LogP) is -1.02. The van der Waals surface area contributed by atoms with Gasteiger partial charge in [0.1, 0.15) is 0 Å². The van der Waals surface area contributed by atoms with Crippen molar-refractivity contribution in [2.75, 3.05) is 25.5 Å². The lowest BCUT2D eigenvalue weighted by Crippen LogP contribution is -2.55. The zero-order chi connectivity index (χ0) is 21.7. The maximum Gasteiger partial charge on any atom is 0.252 e. The van der Waals surface area contributed by atoms with Gasteiger partial charge >= 0.3 is 0 Å². The molecule has 2 aliphatic carbocycles. The van der Waals surface area contributed by atoms with E-state index in [4.69, 9.17) is 0 Å². The van der Waals surface area contributed by atoms with E-state index in [2.05, 4.69) is 16.2 Å². The highest BCUT2D eigenvalue weighted by Gasteiger charge is 2.56. The third kappa shape index (κ3) is 4.04. The van der Waals surface area contributed by atoms with Crippen LogP contribution in [0.5, 0.6) is 0 Å². The SMILES string of the molecule is CN(CC(=O)Nc1ccn(C)c(=O)c1)S(=O)(=O)C1CC(C2(O)CC2)CC2CNNC21. The summed E-state index contributed by atoms with van der Waals surface area (Å²) >= 11 is 0. The summed E-state index contributed by atoms with van der Waals surface area (Å²) in [6.07, 6.45) is 4.13. The van der Waals surface area contributed by atoms with Crippen LogP contribution in [0.25, 0.3) is 0 Å². The Morgan fingerprint density at radius 1 is 1.40 bits per heavy atom. The van der Waals surface area contributed by atoms with Crippen LogP contribution in [0.1, 0.15) is 25.7 Å². The topological polar surface area (TPSA) is 133 Å². The van der Waals surface area contributed by atoms with Crippen LogP contribution in [0.2, 0.25) is 0 Å². The molecule has 30 heavy (non-hydrogen) atoms. The Labute approximate surface area is 175 Å². The van der Waals surface area contributed by atoms with E-state index in [0.29, 0.717) is 18.7 Å². The summed E-state index contributed by atoms with van der Waals surface area (Å²) in [6.45, 7) is 0.310. The lowest BCUT2D eigenvalue weighted by molar-refractivity contribution is -0.116. The van der Waals surface area contributed by atoms with Crippen molar-refractivity contribution in [3.63, 3.8) is 0 Å². The number of amides is 1. The number of hydrogen-bond acceptors (Lipinski definition) is 7. The molecule has 1 amide bonds. The van der Waals surface area contributed by atoms with Crippen LogP contribution in [-0.4, -0.2) is 65.3 Å². The number of hydrazine groups is 1. The third-order valence-electron chi connectivity index (χ3n) is 6.74. The molecule has 3 fully saturated rings. The molecule has 4 rings (SSSR count). The normalized spacial score (nSPS) is 30.1. The van der Waals surface area contributed by atoms with Crippen LogP contribution in [-0.2, 0) is 21.9 Å². The Bertz CT molecular complexity index is 989. The number of fused-ring (bicyclic) bond motifs is 1. The molecule has 1 aromatic rings. The Balaban J connectivity index is 1.46.